The predicted octanol–water partition coefficient (Wildman–Crippen LogP) is 9.42. The van der Waals surface area contributed by atoms with E-state index in [1.54, 1.807) is 0 Å². The molecule has 0 aliphatic heterocycles. The number of esters is 1. The Hall–Kier alpha value is -0.660. The summed E-state index contributed by atoms with van der Waals surface area (Å²) in [6.07, 6.45) is 33.7. The van der Waals surface area contributed by atoms with Gasteiger partial charge in [0.2, 0.25) is 0 Å². The third-order valence-corrected chi connectivity index (χ3v) is 7.52. The largest absolute Gasteiger partial charge is 0.748 e. The molecule has 0 aromatic heterocycles. The molecule has 0 saturated heterocycles. The Balaban J connectivity index is 0. The van der Waals surface area contributed by atoms with Gasteiger partial charge in [-0.2, -0.15) is 0 Å². The van der Waals surface area contributed by atoms with Crippen molar-refractivity contribution in [2.24, 2.45) is 5.92 Å². The van der Waals surface area contributed by atoms with Crippen molar-refractivity contribution in [1.29, 1.82) is 0 Å². The molecule has 0 aliphatic carbocycles. The molecule has 0 bridgehead atoms. The fourth-order valence-electron chi connectivity index (χ4n) is 5.15. The van der Waals surface area contributed by atoms with Gasteiger partial charge in [0, 0.05) is 6.26 Å². The van der Waals surface area contributed by atoms with Crippen LogP contribution >= 0.6 is 0 Å². The van der Waals surface area contributed by atoms with E-state index in [2.05, 4.69) is 35.0 Å². The highest BCUT2D eigenvalue weighted by molar-refractivity contribution is 7.84. The van der Waals surface area contributed by atoms with Crippen LogP contribution < -0.4 is 0 Å². The van der Waals surface area contributed by atoms with Gasteiger partial charge in [-0.15, -0.1) is 0 Å². The Morgan fingerprint density at radius 1 is 0.610 bits per heavy atom. The van der Waals surface area contributed by atoms with Crippen LogP contribution in [0.2, 0.25) is 0 Å². The summed E-state index contributed by atoms with van der Waals surface area (Å²) in [4.78, 5) is 12.2. The van der Waals surface area contributed by atoms with Crippen LogP contribution in [0.4, 0.5) is 0 Å². The normalized spacial score (nSPS) is 12.6. The lowest BCUT2D eigenvalue weighted by Crippen LogP contribution is -2.40. The molecule has 0 spiro atoms. The molecule has 6 nitrogen and oxygen atoms in total. The van der Waals surface area contributed by atoms with E-state index >= 15 is 0 Å². The average Bonchev–Trinajstić information content (AvgIpc) is 2.86. The molecular formula is C34H71NO5S. The highest BCUT2D eigenvalue weighted by Gasteiger charge is 2.18. The van der Waals surface area contributed by atoms with Crippen LogP contribution in [-0.4, -0.2) is 64.0 Å². The van der Waals surface area contributed by atoms with E-state index in [0.29, 0.717) is 29.8 Å². The molecule has 1 atom stereocenters. The summed E-state index contributed by atoms with van der Waals surface area (Å²) in [7, 11) is 2.24. The van der Waals surface area contributed by atoms with Gasteiger partial charge in [0.15, 0.2) is 6.54 Å². The Bertz CT molecular complexity index is 653. The average molecular weight is 606 g/mol. The second-order valence-electron chi connectivity index (χ2n) is 13.4. The topological polar surface area (TPSA) is 83.5 Å². The Labute approximate surface area is 257 Å². The number of unbranched alkanes of at least 4 members (excludes halogenated alkanes) is 20. The first-order chi connectivity index (χ1) is 19.4. The molecule has 0 aliphatic rings. The summed E-state index contributed by atoms with van der Waals surface area (Å²) >= 11 is 0. The molecule has 0 aromatic carbocycles. The van der Waals surface area contributed by atoms with Gasteiger partial charge in [0.25, 0.3) is 0 Å². The third kappa shape index (κ3) is 43.9. The molecule has 0 heterocycles. The second kappa shape index (κ2) is 29.4. The van der Waals surface area contributed by atoms with E-state index < -0.39 is 10.1 Å². The maximum absolute atomic E-state index is 12.2. The second-order valence-corrected chi connectivity index (χ2v) is 14.8. The fourth-order valence-corrected chi connectivity index (χ4v) is 5.15. The SMILES string of the molecule is CCCCCCCCCCCCCCC(CCCCCCCCCCCC)COC(=O)C[N+](C)(C)C.CS(=O)(=O)[O-]. The highest BCUT2D eigenvalue weighted by Crippen LogP contribution is 2.21. The maximum atomic E-state index is 12.2. The van der Waals surface area contributed by atoms with Crippen LogP contribution in [0.5, 0.6) is 0 Å². The van der Waals surface area contributed by atoms with Crippen molar-refractivity contribution in [1.82, 2.24) is 0 Å². The predicted molar refractivity (Wildman–Crippen MR) is 175 cm³/mol. The Morgan fingerprint density at radius 2 is 0.878 bits per heavy atom. The number of hydrogen-bond donors (Lipinski definition) is 0. The van der Waals surface area contributed by atoms with Crippen molar-refractivity contribution < 1.29 is 27.0 Å². The van der Waals surface area contributed by atoms with Gasteiger partial charge in [-0.05, 0) is 18.8 Å². The summed E-state index contributed by atoms with van der Waals surface area (Å²) < 4.78 is 33.6. The maximum Gasteiger partial charge on any atom is 0.361 e. The van der Waals surface area contributed by atoms with Crippen molar-refractivity contribution in [3.8, 4) is 0 Å². The molecule has 0 aromatic rings. The van der Waals surface area contributed by atoms with Gasteiger partial charge < -0.3 is 13.8 Å². The van der Waals surface area contributed by atoms with E-state index in [0.717, 1.165) is 0 Å². The van der Waals surface area contributed by atoms with Crippen LogP contribution in [-0.2, 0) is 19.6 Å². The van der Waals surface area contributed by atoms with Crippen LogP contribution in [0.25, 0.3) is 0 Å². The molecule has 0 radical (unpaired) electrons. The smallest absolute Gasteiger partial charge is 0.361 e. The first-order valence-corrected chi connectivity index (χ1v) is 19.1. The number of quaternary nitrogens is 1. The lowest BCUT2D eigenvalue weighted by Gasteiger charge is -2.23. The molecule has 0 amide bonds. The Kier molecular flexibility index (Phi) is 30.5. The van der Waals surface area contributed by atoms with Gasteiger partial charge in [-0.3, -0.25) is 0 Å². The summed E-state index contributed by atoms with van der Waals surface area (Å²) in [5.41, 5.74) is 0. The van der Waals surface area contributed by atoms with Gasteiger partial charge in [0.05, 0.1) is 37.9 Å². The molecule has 0 fully saturated rings. The number of carbonyl (C=O) groups is 1. The molecule has 1 unspecified atom stereocenters. The molecule has 248 valence electrons. The van der Waals surface area contributed by atoms with Crippen molar-refractivity contribution in [3.05, 3.63) is 0 Å². The lowest BCUT2D eigenvalue weighted by atomic mass is 9.94. The number of hydrogen-bond acceptors (Lipinski definition) is 5. The van der Waals surface area contributed by atoms with Crippen LogP contribution in [0, 0.1) is 5.92 Å². The van der Waals surface area contributed by atoms with Crippen LogP contribution in [0.15, 0.2) is 0 Å². The first kappa shape index (κ1) is 42.5. The van der Waals surface area contributed by atoms with E-state index in [-0.39, 0.29) is 5.97 Å². The van der Waals surface area contributed by atoms with E-state index in [1.165, 1.54) is 154 Å². The minimum atomic E-state index is -3.92. The standard InChI is InChI=1S/C33H68NO2.CH4O3S/c1-6-8-10-12-14-16-18-19-21-23-25-27-29-32(31-36-33(35)30-34(3,4)5)28-26-24-22-20-17-15-13-11-9-7-2;1-5(2,3)4/h32H,6-31H2,1-5H3;1H3,(H,2,3,4)/q+1;/p-1. The molecule has 0 N–H and O–H groups in total. The Morgan fingerprint density at radius 3 is 1.15 bits per heavy atom. The van der Waals surface area contributed by atoms with E-state index in [1.807, 2.05) is 0 Å². The minimum absolute atomic E-state index is 0.0368. The summed E-state index contributed by atoms with van der Waals surface area (Å²) in [5.74, 6) is 0.517. The molecule has 0 rings (SSSR count). The van der Waals surface area contributed by atoms with Crippen molar-refractivity contribution in [2.45, 2.75) is 168 Å². The minimum Gasteiger partial charge on any atom is -0.748 e. The monoisotopic (exact) mass is 606 g/mol. The molecule has 0 saturated carbocycles. The van der Waals surface area contributed by atoms with E-state index in [4.69, 9.17) is 17.7 Å². The number of carbonyl (C=O) groups excluding carboxylic acids is 1. The highest BCUT2D eigenvalue weighted by atomic mass is 32.2. The summed E-state index contributed by atoms with van der Waals surface area (Å²) in [6.45, 7) is 5.67. The zero-order valence-corrected chi connectivity index (χ0v) is 29.2. The fraction of sp³-hybridized carbons (Fsp3) is 0.971. The number of ether oxygens (including phenoxy) is 1. The zero-order chi connectivity index (χ0) is 31.2. The number of likely N-dealkylation sites (N-methyl/N-ethyl adjacent to an activating group) is 1. The molecular weight excluding hydrogens is 534 g/mol. The lowest BCUT2D eigenvalue weighted by molar-refractivity contribution is -0.862. The van der Waals surface area contributed by atoms with Gasteiger partial charge in [0.1, 0.15) is 0 Å². The van der Waals surface area contributed by atoms with Gasteiger partial charge >= 0.3 is 5.97 Å². The van der Waals surface area contributed by atoms with Gasteiger partial charge in [-0.1, -0.05) is 155 Å². The summed E-state index contributed by atoms with van der Waals surface area (Å²) in [6, 6.07) is 0. The van der Waals surface area contributed by atoms with Gasteiger partial charge in [-0.25, -0.2) is 13.2 Å². The van der Waals surface area contributed by atoms with Crippen molar-refractivity contribution >= 4 is 16.1 Å². The first-order valence-electron chi connectivity index (χ1n) is 17.3. The summed E-state index contributed by atoms with van der Waals surface area (Å²) in [5, 5.41) is 0. The number of nitrogens with zero attached hydrogens (tertiary/aromatic N) is 1. The number of rotatable bonds is 28. The van der Waals surface area contributed by atoms with Crippen molar-refractivity contribution in [3.63, 3.8) is 0 Å². The van der Waals surface area contributed by atoms with Crippen LogP contribution in [0.1, 0.15) is 168 Å². The zero-order valence-electron chi connectivity index (χ0n) is 28.4. The third-order valence-electron chi connectivity index (χ3n) is 7.52. The molecule has 41 heavy (non-hydrogen) atoms. The van der Waals surface area contributed by atoms with Crippen LogP contribution in [0.3, 0.4) is 0 Å². The van der Waals surface area contributed by atoms with E-state index in [9.17, 15) is 4.79 Å². The molecule has 7 heteroatoms. The van der Waals surface area contributed by atoms with Crippen molar-refractivity contribution in [2.75, 3.05) is 40.6 Å². The quantitative estimate of drug-likeness (QED) is 0.0384.